The molecule has 2 aliphatic carbocycles. The zero-order valence-electron chi connectivity index (χ0n) is 23.6. The van der Waals surface area contributed by atoms with Crippen LogP contribution in [0.1, 0.15) is 73.2 Å². The van der Waals surface area contributed by atoms with Crippen molar-refractivity contribution < 1.29 is 24.2 Å². The fourth-order valence-corrected chi connectivity index (χ4v) is 6.42. The summed E-state index contributed by atoms with van der Waals surface area (Å²) >= 11 is 0. The van der Waals surface area contributed by atoms with Gasteiger partial charge in [-0.1, -0.05) is 72.8 Å². The Morgan fingerprint density at radius 3 is 2.22 bits per heavy atom. The summed E-state index contributed by atoms with van der Waals surface area (Å²) in [7, 11) is 0. The average Bonchev–Trinajstić information content (AvgIpc) is 3.30. The number of ketones is 1. The molecule has 1 amide bonds. The number of alkyl carbamates (subject to hydrolysis) is 1. The topological polar surface area (TPSA) is 95.9 Å². The highest BCUT2D eigenvalue weighted by Crippen LogP contribution is 2.44. The SMILES string of the molecule is CC(=O)[C@H](CCN(CCCC(=O)O)C1CCCc2ccccc21)NC(=O)OCC1c2ccccc2-c2ccccc21. The minimum atomic E-state index is -0.812. The number of carbonyl (C=O) groups is 3. The van der Waals surface area contributed by atoms with Gasteiger partial charge in [0.05, 0.1) is 6.04 Å². The Labute approximate surface area is 241 Å². The number of nitrogens with one attached hydrogen (secondary N) is 1. The van der Waals surface area contributed by atoms with Crippen molar-refractivity contribution in [2.45, 2.75) is 63.5 Å². The van der Waals surface area contributed by atoms with Crippen LogP contribution in [0.25, 0.3) is 11.1 Å². The molecule has 0 saturated carbocycles. The van der Waals surface area contributed by atoms with Crippen LogP contribution in [0.4, 0.5) is 4.79 Å². The van der Waals surface area contributed by atoms with Crippen LogP contribution in [0, 0.1) is 0 Å². The number of hydrogen-bond acceptors (Lipinski definition) is 5. The highest BCUT2D eigenvalue weighted by Gasteiger charge is 2.30. The first kappa shape index (κ1) is 28.6. The first-order valence-corrected chi connectivity index (χ1v) is 14.6. The number of Topliss-reactive ketones (excluding diaryl/α,β-unsaturated/α-hetero) is 1. The van der Waals surface area contributed by atoms with Crippen LogP contribution in [0.2, 0.25) is 0 Å². The summed E-state index contributed by atoms with van der Waals surface area (Å²) in [5.74, 6) is -0.999. The van der Waals surface area contributed by atoms with Crippen molar-refractivity contribution in [3.63, 3.8) is 0 Å². The van der Waals surface area contributed by atoms with Gasteiger partial charge in [-0.3, -0.25) is 14.5 Å². The smallest absolute Gasteiger partial charge is 0.407 e. The highest BCUT2D eigenvalue weighted by atomic mass is 16.5. The average molecular weight is 555 g/mol. The van der Waals surface area contributed by atoms with Crippen LogP contribution < -0.4 is 5.32 Å². The van der Waals surface area contributed by atoms with Gasteiger partial charge in [-0.05, 0) is 79.0 Å². The van der Waals surface area contributed by atoms with E-state index in [1.807, 2.05) is 30.3 Å². The van der Waals surface area contributed by atoms with Gasteiger partial charge in [0.25, 0.3) is 0 Å². The highest BCUT2D eigenvalue weighted by molar-refractivity contribution is 5.85. The van der Waals surface area contributed by atoms with Crippen LogP contribution in [-0.4, -0.2) is 53.6 Å². The molecule has 0 fully saturated rings. The molecule has 7 heteroatoms. The number of aliphatic carboxylic acids is 1. The van der Waals surface area contributed by atoms with Gasteiger partial charge in [-0.25, -0.2) is 4.79 Å². The van der Waals surface area contributed by atoms with E-state index in [1.54, 1.807) is 0 Å². The van der Waals surface area contributed by atoms with Gasteiger partial charge in [-0.15, -0.1) is 0 Å². The fourth-order valence-electron chi connectivity index (χ4n) is 6.42. The van der Waals surface area contributed by atoms with Crippen molar-refractivity contribution in [3.8, 4) is 11.1 Å². The Morgan fingerprint density at radius 1 is 0.927 bits per heavy atom. The van der Waals surface area contributed by atoms with E-state index in [2.05, 4.69) is 52.7 Å². The van der Waals surface area contributed by atoms with Gasteiger partial charge < -0.3 is 15.2 Å². The van der Waals surface area contributed by atoms with E-state index in [0.29, 0.717) is 25.9 Å². The second-order valence-electron chi connectivity index (χ2n) is 11.1. The van der Waals surface area contributed by atoms with E-state index >= 15 is 0 Å². The van der Waals surface area contributed by atoms with Crippen molar-refractivity contribution >= 4 is 17.8 Å². The van der Waals surface area contributed by atoms with Gasteiger partial charge in [-0.2, -0.15) is 0 Å². The Balaban J connectivity index is 1.22. The van der Waals surface area contributed by atoms with Gasteiger partial charge in [0.15, 0.2) is 5.78 Å². The van der Waals surface area contributed by atoms with Crippen molar-refractivity contribution in [2.75, 3.05) is 19.7 Å². The van der Waals surface area contributed by atoms with Crippen molar-refractivity contribution in [2.24, 2.45) is 0 Å². The molecule has 0 aromatic heterocycles. The van der Waals surface area contributed by atoms with Gasteiger partial charge in [0, 0.05) is 24.9 Å². The molecule has 2 N–H and O–H groups in total. The lowest BCUT2D eigenvalue weighted by Gasteiger charge is -2.36. The molecule has 7 nitrogen and oxygen atoms in total. The number of ether oxygens (including phenoxy) is 1. The minimum Gasteiger partial charge on any atom is -0.481 e. The monoisotopic (exact) mass is 554 g/mol. The molecule has 0 saturated heterocycles. The number of carboxylic acid groups (broad SMARTS) is 1. The molecule has 0 aliphatic heterocycles. The van der Waals surface area contributed by atoms with Crippen molar-refractivity contribution in [1.82, 2.24) is 10.2 Å². The summed E-state index contributed by atoms with van der Waals surface area (Å²) in [5.41, 5.74) is 7.19. The van der Waals surface area contributed by atoms with E-state index in [4.69, 9.17) is 4.74 Å². The first-order chi connectivity index (χ1) is 19.9. The summed E-state index contributed by atoms with van der Waals surface area (Å²) in [6.07, 6.45) is 3.52. The molecule has 2 aliphatic rings. The second kappa shape index (κ2) is 13.1. The van der Waals surface area contributed by atoms with Gasteiger partial charge in [0.1, 0.15) is 6.61 Å². The third-order valence-corrected chi connectivity index (χ3v) is 8.45. The number of hydrogen-bond donors (Lipinski definition) is 2. The molecule has 2 atom stereocenters. The third kappa shape index (κ3) is 6.68. The number of carboxylic acids is 1. The lowest BCUT2D eigenvalue weighted by Crippen LogP contribution is -2.43. The van der Waals surface area contributed by atoms with Crippen LogP contribution in [0.3, 0.4) is 0 Å². The molecule has 0 radical (unpaired) electrons. The van der Waals surface area contributed by atoms with Crippen LogP contribution in [0.15, 0.2) is 72.8 Å². The van der Waals surface area contributed by atoms with Gasteiger partial charge >= 0.3 is 12.1 Å². The fraction of sp³-hybridized carbons (Fsp3) is 0.382. The number of rotatable bonds is 12. The van der Waals surface area contributed by atoms with Crippen LogP contribution in [-0.2, 0) is 20.7 Å². The molecule has 41 heavy (non-hydrogen) atoms. The molecule has 0 heterocycles. The van der Waals surface area contributed by atoms with Crippen LogP contribution >= 0.6 is 0 Å². The van der Waals surface area contributed by atoms with E-state index < -0.39 is 18.1 Å². The maximum absolute atomic E-state index is 12.9. The Kier molecular flexibility index (Phi) is 9.14. The molecule has 0 spiro atoms. The molecule has 214 valence electrons. The standard InChI is InChI=1S/C34H38N2O5/c1-23(37)31(19-21-36(20-9-18-33(38)39)32-17-8-11-24-10-2-3-12-25(24)32)35-34(40)41-22-30-28-15-6-4-13-26(28)27-14-5-7-16-29(27)30/h2-7,10,12-16,30-32H,8-9,11,17-22H2,1H3,(H,35,40)(H,38,39)/t31-,32?/m0/s1. The zero-order chi connectivity index (χ0) is 28.8. The second-order valence-corrected chi connectivity index (χ2v) is 11.1. The largest absolute Gasteiger partial charge is 0.481 e. The minimum absolute atomic E-state index is 0.0555. The van der Waals surface area contributed by atoms with E-state index in [9.17, 15) is 19.5 Å². The lowest BCUT2D eigenvalue weighted by molar-refractivity contribution is -0.137. The number of nitrogens with zero attached hydrogens (tertiary/aromatic N) is 1. The molecule has 0 bridgehead atoms. The number of carbonyl (C=O) groups excluding carboxylic acids is 2. The summed E-state index contributed by atoms with van der Waals surface area (Å²) in [6.45, 7) is 2.84. The van der Waals surface area contributed by atoms with E-state index in [-0.39, 0.29) is 30.8 Å². The molecule has 3 aromatic rings. The summed E-state index contributed by atoms with van der Waals surface area (Å²) in [4.78, 5) is 39.0. The lowest BCUT2D eigenvalue weighted by atomic mass is 9.86. The van der Waals surface area contributed by atoms with E-state index in [1.165, 1.54) is 18.1 Å². The van der Waals surface area contributed by atoms with Crippen LogP contribution in [0.5, 0.6) is 0 Å². The molecular formula is C34H38N2O5. The molecule has 3 aromatic carbocycles. The maximum Gasteiger partial charge on any atom is 0.407 e. The van der Waals surface area contributed by atoms with E-state index in [0.717, 1.165) is 41.5 Å². The summed E-state index contributed by atoms with van der Waals surface area (Å²) in [5, 5.41) is 12.0. The first-order valence-electron chi connectivity index (χ1n) is 14.6. The van der Waals surface area contributed by atoms with Crippen molar-refractivity contribution in [1.29, 1.82) is 0 Å². The molecule has 5 rings (SSSR count). The maximum atomic E-state index is 12.9. The third-order valence-electron chi connectivity index (χ3n) is 8.45. The predicted molar refractivity (Wildman–Crippen MR) is 158 cm³/mol. The Hall–Kier alpha value is -3.97. The predicted octanol–water partition coefficient (Wildman–Crippen LogP) is 6.12. The number of aryl methyl sites for hydroxylation is 1. The number of amides is 1. The Morgan fingerprint density at radius 2 is 1.56 bits per heavy atom. The molecular weight excluding hydrogens is 516 g/mol. The quantitative estimate of drug-likeness (QED) is 0.280. The summed E-state index contributed by atoms with van der Waals surface area (Å²) in [6, 6.07) is 24.2. The normalized spacial score (nSPS) is 16.4. The summed E-state index contributed by atoms with van der Waals surface area (Å²) < 4.78 is 5.70. The molecule has 1 unspecified atom stereocenters. The van der Waals surface area contributed by atoms with Gasteiger partial charge in [0.2, 0.25) is 0 Å². The number of fused-ring (bicyclic) bond motifs is 4. The zero-order valence-corrected chi connectivity index (χ0v) is 23.6. The van der Waals surface area contributed by atoms with Crippen molar-refractivity contribution in [3.05, 3.63) is 95.1 Å². The number of benzene rings is 3. The Bertz CT molecular complexity index is 1360.